The zero-order valence-corrected chi connectivity index (χ0v) is 8.32. The molecular weight excluding hydrogens is 184 g/mol. The highest BCUT2D eigenvalue weighted by atomic mass is 16.7. The lowest BCUT2D eigenvalue weighted by molar-refractivity contribution is -0.146. The second kappa shape index (κ2) is 3.99. The minimum absolute atomic E-state index is 0.0439. The predicted octanol–water partition coefficient (Wildman–Crippen LogP) is 1.00. The van der Waals surface area contributed by atoms with E-state index in [0.717, 1.165) is 0 Å². The molecule has 4 nitrogen and oxygen atoms in total. The van der Waals surface area contributed by atoms with Crippen molar-refractivity contribution in [2.75, 3.05) is 0 Å². The molecule has 1 rings (SSSR count). The molecule has 1 heterocycles. The second-order valence-electron chi connectivity index (χ2n) is 3.69. The van der Waals surface area contributed by atoms with Crippen LogP contribution in [-0.2, 0) is 14.3 Å². The van der Waals surface area contributed by atoms with Crippen LogP contribution in [0.15, 0.2) is 0 Å². The van der Waals surface area contributed by atoms with Gasteiger partial charge in [0.15, 0.2) is 5.79 Å². The van der Waals surface area contributed by atoms with E-state index in [4.69, 9.17) is 21.0 Å². The van der Waals surface area contributed by atoms with E-state index in [1.807, 2.05) is 0 Å². The van der Waals surface area contributed by atoms with Crippen LogP contribution in [0.4, 0.5) is 0 Å². The third-order valence-corrected chi connectivity index (χ3v) is 1.99. The summed E-state index contributed by atoms with van der Waals surface area (Å²) in [5.74, 6) is 0.892. The summed E-state index contributed by atoms with van der Waals surface area (Å²) in [6.45, 7) is 3.52. The van der Waals surface area contributed by atoms with Crippen LogP contribution in [0.3, 0.4) is 0 Å². The highest BCUT2D eigenvalue weighted by molar-refractivity contribution is 5.66. The van der Waals surface area contributed by atoms with Gasteiger partial charge in [-0.15, -0.1) is 6.42 Å². The third kappa shape index (κ3) is 2.72. The average molecular weight is 198 g/mol. The van der Waals surface area contributed by atoms with Crippen molar-refractivity contribution >= 4 is 5.97 Å². The summed E-state index contributed by atoms with van der Waals surface area (Å²) in [4.78, 5) is 10.4. The molecule has 0 radical (unpaired) electrons. The van der Waals surface area contributed by atoms with Crippen molar-refractivity contribution in [1.29, 1.82) is 0 Å². The van der Waals surface area contributed by atoms with Gasteiger partial charge in [-0.05, 0) is 20.3 Å². The van der Waals surface area contributed by atoms with Gasteiger partial charge in [0.25, 0.3) is 0 Å². The number of carboxylic acid groups (broad SMARTS) is 1. The van der Waals surface area contributed by atoms with E-state index in [2.05, 4.69) is 5.92 Å². The van der Waals surface area contributed by atoms with Crippen molar-refractivity contribution in [2.45, 2.75) is 44.7 Å². The molecule has 1 N–H and O–H groups in total. The lowest BCUT2D eigenvalue weighted by Crippen LogP contribution is -2.22. The molecule has 2 unspecified atom stereocenters. The van der Waals surface area contributed by atoms with Gasteiger partial charge in [0.2, 0.25) is 0 Å². The van der Waals surface area contributed by atoms with Crippen LogP contribution < -0.4 is 0 Å². The van der Waals surface area contributed by atoms with E-state index in [1.54, 1.807) is 13.8 Å². The van der Waals surface area contributed by atoms with Gasteiger partial charge < -0.3 is 14.6 Å². The van der Waals surface area contributed by atoms with Gasteiger partial charge >= 0.3 is 5.97 Å². The Morgan fingerprint density at radius 1 is 1.57 bits per heavy atom. The van der Waals surface area contributed by atoms with Gasteiger partial charge in [-0.3, -0.25) is 4.79 Å². The molecule has 78 valence electrons. The largest absolute Gasteiger partial charge is 0.481 e. The van der Waals surface area contributed by atoms with Gasteiger partial charge in [-0.2, -0.15) is 0 Å². The van der Waals surface area contributed by atoms with Crippen molar-refractivity contribution in [3.8, 4) is 12.3 Å². The molecular formula is C10H14O4. The summed E-state index contributed by atoms with van der Waals surface area (Å²) in [6.07, 6.45) is 4.92. The van der Waals surface area contributed by atoms with Crippen LogP contribution in [-0.4, -0.2) is 29.1 Å². The highest BCUT2D eigenvalue weighted by Gasteiger charge is 2.40. The standard InChI is InChI=1S/C10H14O4/c1-4-7-8(5-6-9(11)12)14-10(2,3)13-7/h1,7-8H,5-6H2,2-3H3,(H,11,12). The molecule has 0 bridgehead atoms. The molecule has 0 spiro atoms. The first-order chi connectivity index (χ1) is 6.44. The first-order valence-corrected chi connectivity index (χ1v) is 4.48. The first-order valence-electron chi connectivity index (χ1n) is 4.48. The number of ether oxygens (including phenoxy) is 2. The summed E-state index contributed by atoms with van der Waals surface area (Å²) < 4.78 is 10.9. The Kier molecular flexibility index (Phi) is 3.14. The Labute approximate surface area is 83.2 Å². The van der Waals surface area contributed by atoms with Crippen molar-refractivity contribution in [1.82, 2.24) is 0 Å². The van der Waals surface area contributed by atoms with Crippen LogP contribution in [0.25, 0.3) is 0 Å². The normalized spacial score (nSPS) is 29.8. The Morgan fingerprint density at radius 2 is 2.21 bits per heavy atom. The van der Waals surface area contributed by atoms with Crippen molar-refractivity contribution < 1.29 is 19.4 Å². The summed E-state index contributed by atoms with van der Waals surface area (Å²) in [7, 11) is 0. The Bertz CT molecular complexity index is 264. The summed E-state index contributed by atoms with van der Waals surface area (Å²) >= 11 is 0. The second-order valence-corrected chi connectivity index (χ2v) is 3.69. The van der Waals surface area contributed by atoms with E-state index in [9.17, 15) is 4.79 Å². The molecule has 14 heavy (non-hydrogen) atoms. The fraction of sp³-hybridized carbons (Fsp3) is 0.700. The Balaban J connectivity index is 2.52. The molecule has 0 aromatic rings. The van der Waals surface area contributed by atoms with Crippen molar-refractivity contribution in [3.63, 3.8) is 0 Å². The Hall–Kier alpha value is -1.05. The van der Waals surface area contributed by atoms with Gasteiger partial charge in [0.05, 0.1) is 6.10 Å². The molecule has 1 fully saturated rings. The van der Waals surface area contributed by atoms with Crippen LogP contribution in [0, 0.1) is 12.3 Å². The molecule has 0 aliphatic carbocycles. The topological polar surface area (TPSA) is 55.8 Å². The number of terminal acetylenes is 1. The number of carbonyl (C=O) groups is 1. The first kappa shape index (κ1) is 11.0. The monoisotopic (exact) mass is 198 g/mol. The van der Waals surface area contributed by atoms with E-state index in [1.165, 1.54) is 0 Å². The fourth-order valence-electron chi connectivity index (χ4n) is 1.45. The van der Waals surface area contributed by atoms with E-state index >= 15 is 0 Å². The molecule has 1 aliphatic heterocycles. The molecule has 0 saturated carbocycles. The quantitative estimate of drug-likeness (QED) is 0.687. The lowest BCUT2D eigenvalue weighted by Gasteiger charge is -2.16. The molecule has 4 heteroatoms. The van der Waals surface area contributed by atoms with Crippen LogP contribution in [0.1, 0.15) is 26.7 Å². The maximum absolute atomic E-state index is 10.4. The minimum atomic E-state index is -0.853. The van der Waals surface area contributed by atoms with Gasteiger partial charge in [0, 0.05) is 6.42 Å². The van der Waals surface area contributed by atoms with Crippen molar-refractivity contribution in [3.05, 3.63) is 0 Å². The number of hydrogen-bond donors (Lipinski definition) is 1. The third-order valence-electron chi connectivity index (χ3n) is 1.99. The van der Waals surface area contributed by atoms with Crippen LogP contribution in [0.5, 0.6) is 0 Å². The lowest BCUT2D eigenvalue weighted by atomic mass is 10.1. The van der Waals surface area contributed by atoms with E-state index in [-0.39, 0.29) is 12.5 Å². The number of aliphatic carboxylic acids is 1. The van der Waals surface area contributed by atoms with Gasteiger partial charge in [-0.1, -0.05) is 5.92 Å². The van der Waals surface area contributed by atoms with Crippen LogP contribution in [0.2, 0.25) is 0 Å². The van der Waals surface area contributed by atoms with E-state index < -0.39 is 17.9 Å². The molecule has 1 aliphatic rings. The average Bonchev–Trinajstić information content (AvgIpc) is 2.37. The maximum atomic E-state index is 10.4. The molecule has 0 aromatic heterocycles. The minimum Gasteiger partial charge on any atom is -0.481 e. The SMILES string of the molecule is C#CC1OC(C)(C)OC1CCC(=O)O. The zero-order valence-electron chi connectivity index (χ0n) is 8.32. The van der Waals surface area contributed by atoms with Gasteiger partial charge in [-0.25, -0.2) is 0 Å². The van der Waals surface area contributed by atoms with Crippen LogP contribution >= 0.6 is 0 Å². The summed E-state index contributed by atoms with van der Waals surface area (Å²) in [5.41, 5.74) is 0. The number of hydrogen-bond acceptors (Lipinski definition) is 3. The molecule has 1 saturated heterocycles. The molecule has 0 aromatic carbocycles. The summed E-state index contributed by atoms with van der Waals surface area (Å²) in [5, 5.41) is 8.51. The molecule has 2 atom stereocenters. The Morgan fingerprint density at radius 3 is 2.71 bits per heavy atom. The smallest absolute Gasteiger partial charge is 0.303 e. The molecule has 0 amide bonds. The number of carboxylic acids is 1. The predicted molar refractivity (Wildman–Crippen MR) is 49.5 cm³/mol. The highest BCUT2D eigenvalue weighted by Crippen LogP contribution is 2.29. The van der Waals surface area contributed by atoms with Gasteiger partial charge in [0.1, 0.15) is 6.10 Å². The fourth-order valence-corrected chi connectivity index (χ4v) is 1.45. The maximum Gasteiger partial charge on any atom is 0.303 e. The zero-order chi connectivity index (χ0) is 10.8. The van der Waals surface area contributed by atoms with Crippen molar-refractivity contribution in [2.24, 2.45) is 0 Å². The summed E-state index contributed by atoms with van der Waals surface area (Å²) in [6, 6.07) is 0. The van der Waals surface area contributed by atoms with E-state index in [0.29, 0.717) is 6.42 Å². The number of rotatable bonds is 3.